The van der Waals surface area contributed by atoms with Gasteiger partial charge in [0.05, 0.1) is 13.2 Å². The van der Waals surface area contributed by atoms with Gasteiger partial charge in [0.2, 0.25) is 0 Å². The van der Waals surface area contributed by atoms with Gasteiger partial charge in [-0.3, -0.25) is 4.99 Å². The summed E-state index contributed by atoms with van der Waals surface area (Å²) in [4.78, 5) is 4.85. The van der Waals surface area contributed by atoms with Gasteiger partial charge in [0.25, 0.3) is 0 Å². The highest BCUT2D eigenvalue weighted by Gasteiger charge is 2.48. The lowest BCUT2D eigenvalue weighted by Crippen LogP contribution is -2.41. The Morgan fingerprint density at radius 3 is 2.52 bits per heavy atom. The van der Waals surface area contributed by atoms with Crippen LogP contribution in [0.25, 0.3) is 0 Å². The van der Waals surface area contributed by atoms with Gasteiger partial charge >= 0.3 is 0 Å². The molecule has 0 unspecified atom stereocenters. The molecule has 0 radical (unpaired) electrons. The Labute approximate surface area is 158 Å². The van der Waals surface area contributed by atoms with Gasteiger partial charge < -0.3 is 20.1 Å². The van der Waals surface area contributed by atoms with E-state index in [-0.39, 0.29) is 24.0 Å². The summed E-state index contributed by atoms with van der Waals surface area (Å²) in [6.07, 6.45) is 8.01. The molecule has 0 aromatic rings. The molecule has 2 aliphatic rings. The summed E-state index contributed by atoms with van der Waals surface area (Å²) in [6, 6.07) is 0. The van der Waals surface area contributed by atoms with Crippen LogP contribution in [0.5, 0.6) is 0 Å². The fourth-order valence-corrected chi connectivity index (χ4v) is 3.23. The molecule has 2 N–H and O–H groups in total. The topological polar surface area (TPSA) is 54.9 Å². The van der Waals surface area contributed by atoms with Crippen LogP contribution in [-0.2, 0) is 9.47 Å². The number of hydrogen-bond acceptors (Lipinski definition) is 3. The predicted molar refractivity (Wildman–Crippen MR) is 106 cm³/mol. The molecule has 0 aromatic heterocycles. The van der Waals surface area contributed by atoms with Gasteiger partial charge in [0, 0.05) is 33.4 Å². The summed E-state index contributed by atoms with van der Waals surface area (Å²) < 4.78 is 10.4. The van der Waals surface area contributed by atoms with Gasteiger partial charge in [-0.1, -0.05) is 6.42 Å². The standard InChI is InChI=1S/C17H33N3O2.HI/c1-3-18-16(19-10-5-11-22-13-12-21-2)20-14-17(8-4-9-17)15-6-7-15;/h15H,3-14H2,1-2H3,(H2,18,19,20);1H. The lowest BCUT2D eigenvalue weighted by Gasteiger charge is -2.41. The van der Waals surface area contributed by atoms with Crippen LogP contribution in [-0.4, -0.2) is 52.5 Å². The van der Waals surface area contributed by atoms with Crippen LogP contribution in [0, 0.1) is 11.3 Å². The van der Waals surface area contributed by atoms with Gasteiger partial charge in [0.15, 0.2) is 5.96 Å². The minimum atomic E-state index is 0. The zero-order valence-corrected chi connectivity index (χ0v) is 17.1. The molecule has 6 heteroatoms. The molecule has 0 atom stereocenters. The second-order valence-electron chi connectivity index (χ2n) is 6.57. The summed E-state index contributed by atoms with van der Waals surface area (Å²) in [5.74, 6) is 1.92. The third-order valence-corrected chi connectivity index (χ3v) is 4.88. The van der Waals surface area contributed by atoms with Crippen molar-refractivity contribution >= 4 is 29.9 Å². The Morgan fingerprint density at radius 1 is 1.17 bits per heavy atom. The van der Waals surface area contributed by atoms with Crippen molar-refractivity contribution in [2.75, 3.05) is 46.6 Å². The summed E-state index contributed by atoms with van der Waals surface area (Å²) in [5, 5.41) is 6.77. The van der Waals surface area contributed by atoms with E-state index in [1.54, 1.807) is 7.11 Å². The average Bonchev–Trinajstić information content (AvgIpc) is 3.30. The van der Waals surface area contributed by atoms with Crippen LogP contribution >= 0.6 is 24.0 Å². The number of methoxy groups -OCH3 is 1. The maximum absolute atomic E-state index is 5.47. The molecule has 136 valence electrons. The van der Waals surface area contributed by atoms with Crippen LogP contribution in [0.15, 0.2) is 4.99 Å². The van der Waals surface area contributed by atoms with Crippen molar-refractivity contribution in [2.24, 2.45) is 16.3 Å². The number of rotatable bonds is 11. The third kappa shape index (κ3) is 7.13. The van der Waals surface area contributed by atoms with Gasteiger partial charge in [-0.15, -0.1) is 24.0 Å². The number of nitrogens with one attached hydrogen (secondary N) is 2. The lowest BCUT2D eigenvalue weighted by atomic mass is 9.65. The molecule has 0 heterocycles. The van der Waals surface area contributed by atoms with Crippen molar-refractivity contribution in [3.05, 3.63) is 0 Å². The Bertz CT molecular complexity index is 345. The Balaban J connectivity index is 0.00000264. The fourth-order valence-electron chi connectivity index (χ4n) is 3.23. The van der Waals surface area contributed by atoms with E-state index in [1.807, 2.05) is 0 Å². The van der Waals surface area contributed by atoms with E-state index in [4.69, 9.17) is 14.5 Å². The van der Waals surface area contributed by atoms with Crippen LogP contribution in [0.1, 0.15) is 45.4 Å². The zero-order valence-electron chi connectivity index (χ0n) is 14.7. The first kappa shape index (κ1) is 21.0. The molecule has 2 rings (SSSR count). The van der Waals surface area contributed by atoms with E-state index >= 15 is 0 Å². The number of guanidine groups is 1. The summed E-state index contributed by atoms with van der Waals surface area (Å²) in [5.41, 5.74) is 0.547. The monoisotopic (exact) mass is 439 g/mol. The number of hydrogen-bond donors (Lipinski definition) is 2. The highest BCUT2D eigenvalue weighted by molar-refractivity contribution is 14.0. The van der Waals surface area contributed by atoms with Crippen LogP contribution in [0.4, 0.5) is 0 Å². The SMILES string of the molecule is CCNC(=NCC1(C2CC2)CCC1)NCCCOCCOC.I. The van der Waals surface area contributed by atoms with Crippen molar-refractivity contribution in [3.63, 3.8) is 0 Å². The van der Waals surface area contributed by atoms with E-state index in [0.717, 1.165) is 44.5 Å². The van der Waals surface area contributed by atoms with E-state index in [2.05, 4.69) is 17.6 Å². The van der Waals surface area contributed by atoms with Crippen LogP contribution < -0.4 is 10.6 Å². The lowest BCUT2D eigenvalue weighted by molar-refractivity contribution is 0.0698. The Hall–Kier alpha value is -0.0800. The quantitative estimate of drug-likeness (QED) is 0.225. The highest BCUT2D eigenvalue weighted by atomic mass is 127. The number of aliphatic imine (C=N–C) groups is 1. The second kappa shape index (κ2) is 11.5. The van der Waals surface area contributed by atoms with Gasteiger partial charge in [0.1, 0.15) is 0 Å². The molecule has 0 saturated heterocycles. The van der Waals surface area contributed by atoms with Crippen molar-refractivity contribution < 1.29 is 9.47 Å². The summed E-state index contributed by atoms with van der Waals surface area (Å²) >= 11 is 0. The second-order valence-corrected chi connectivity index (χ2v) is 6.57. The first-order valence-electron chi connectivity index (χ1n) is 8.89. The van der Waals surface area contributed by atoms with E-state index < -0.39 is 0 Å². The van der Waals surface area contributed by atoms with Crippen molar-refractivity contribution in [1.29, 1.82) is 0 Å². The number of nitrogens with zero attached hydrogens (tertiary/aromatic N) is 1. The predicted octanol–water partition coefficient (Wildman–Crippen LogP) is 2.79. The molecule has 5 nitrogen and oxygen atoms in total. The molecular formula is C17H34IN3O2. The maximum Gasteiger partial charge on any atom is 0.191 e. The summed E-state index contributed by atoms with van der Waals surface area (Å²) in [7, 11) is 1.70. The van der Waals surface area contributed by atoms with Gasteiger partial charge in [-0.05, 0) is 50.4 Å². The molecule has 0 aromatic carbocycles. The van der Waals surface area contributed by atoms with E-state index in [0.29, 0.717) is 18.6 Å². The van der Waals surface area contributed by atoms with Crippen molar-refractivity contribution in [2.45, 2.75) is 45.4 Å². The van der Waals surface area contributed by atoms with Crippen LogP contribution in [0.3, 0.4) is 0 Å². The molecule has 2 fully saturated rings. The maximum atomic E-state index is 5.47. The molecule has 2 saturated carbocycles. The zero-order chi connectivity index (χ0) is 15.7. The smallest absolute Gasteiger partial charge is 0.191 e. The molecule has 23 heavy (non-hydrogen) atoms. The molecule has 0 spiro atoms. The number of ether oxygens (including phenoxy) is 2. The number of halogens is 1. The molecule has 0 bridgehead atoms. The molecular weight excluding hydrogens is 405 g/mol. The van der Waals surface area contributed by atoms with E-state index in [1.165, 1.54) is 32.1 Å². The first-order chi connectivity index (χ1) is 10.8. The van der Waals surface area contributed by atoms with Crippen molar-refractivity contribution in [1.82, 2.24) is 10.6 Å². The van der Waals surface area contributed by atoms with E-state index in [9.17, 15) is 0 Å². The van der Waals surface area contributed by atoms with Gasteiger partial charge in [-0.25, -0.2) is 0 Å². The van der Waals surface area contributed by atoms with Gasteiger partial charge in [-0.2, -0.15) is 0 Å². The normalized spacial score (nSPS) is 19.7. The third-order valence-electron chi connectivity index (χ3n) is 4.88. The Kier molecular flexibility index (Phi) is 10.5. The molecule has 0 aliphatic heterocycles. The minimum Gasteiger partial charge on any atom is -0.382 e. The summed E-state index contributed by atoms with van der Waals surface area (Å²) in [6.45, 7) is 7.03. The Morgan fingerprint density at radius 2 is 1.96 bits per heavy atom. The average molecular weight is 439 g/mol. The van der Waals surface area contributed by atoms with Crippen LogP contribution in [0.2, 0.25) is 0 Å². The van der Waals surface area contributed by atoms with Crippen molar-refractivity contribution in [3.8, 4) is 0 Å². The first-order valence-corrected chi connectivity index (χ1v) is 8.89. The highest BCUT2D eigenvalue weighted by Crippen LogP contribution is 2.57. The largest absolute Gasteiger partial charge is 0.382 e. The molecule has 0 amide bonds. The molecule has 2 aliphatic carbocycles. The fraction of sp³-hybridized carbons (Fsp3) is 0.941. The minimum absolute atomic E-state index is 0.